The maximum absolute atomic E-state index is 12.6. The monoisotopic (exact) mass is 370 g/mol. The van der Waals surface area contributed by atoms with Crippen LogP contribution in [0.4, 0.5) is 0 Å². The van der Waals surface area contributed by atoms with E-state index in [2.05, 4.69) is 5.32 Å². The van der Waals surface area contributed by atoms with Crippen LogP contribution in [0.15, 0.2) is 33.2 Å². The van der Waals surface area contributed by atoms with Crippen LogP contribution in [0.3, 0.4) is 0 Å². The number of hydrogen-bond acceptors (Lipinski definition) is 5. The standard InChI is InChI=1S/C15H18N2O3S3/c1-11-2-3-14(22-11)23(19,20)17-7-4-13(5-8-17)16-15(18)12-6-9-21-10-12/h2-3,6,9-10,13H,4-5,7-8H2,1H3,(H,16,18). The zero-order chi connectivity index (χ0) is 16.4. The number of rotatable bonds is 4. The predicted molar refractivity (Wildman–Crippen MR) is 92.6 cm³/mol. The molecule has 3 rings (SSSR count). The number of aryl methyl sites for hydroxylation is 1. The highest BCUT2D eigenvalue weighted by molar-refractivity contribution is 7.91. The van der Waals surface area contributed by atoms with Gasteiger partial charge in [-0.05, 0) is 43.3 Å². The van der Waals surface area contributed by atoms with Gasteiger partial charge < -0.3 is 5.32 Å². The molecule has 0 saturated carbocycles. The summed E-state index contributed by atoms with van der Waals surface area (Å²) in [5, 5.41) is 6.67. The van der Waals surface area contributed by atoms with Crippen molar-refractivity contribution >= 4 is 38.6 Å². The average Bonchev–Trinajstić information content (AvgIpc) is 3.19. The van der Waals surface area contributed by atoms with Crippen molar-refractivity contribution in [3.8, 4) is 0 Å². The topological polar surface area (TPSA) is 66.5 Å². The SMILES string of the molecule is Cc1ccc(S(=O)(=O)N2CCC(NC(=O)c3ccsc3)CC2)s1. The Hall–Kier alpha value is -1.22. The summed E-state index contributed by atoms with van der Waals surface area (Å²) in [4.78, 5) is 13.0. The molecule has 0 aromatic carbocycles. The van der Waals surface area contributed by atoms with Crippen molar-refractivity contribution in [1.29, 1.82) is 0 Å². The third-order valence-electron chi connectivity index (χ3n) is 3.88. The Morgan fingerprint density at radius 1 is 1.26 bits per heavy atom. The lowest BCUT2D eigenvalue weighted by Crippen LogP contribution is -2.46. The molecule has 1 N–H and O–H groups in total. The Morgan fingerprint density at radius 2 is 2.00 bits per heavy atom. The van der Waals surface area contributed by atoms with Gasteiger partial charge >= 0.3 is 0 Å². The lowest BCUT2D eigenvalue weighted by Gasteiger charge is -2.31. The molecule has 0 bridgehead atoms. The highest BCUT2D eigenvalue weighted by atomic mass is 32.2. The number of piperidine rings is 1. The highest BCUT2D eigenvalue weighted by Crippen LogP contribution is 2.26. The molecular formula is C15H18N2O3S3. The molecule has 1 saturated heterocycles. The fraction of sp³-hybridized carbons (Fsp3) is 0.400. The summed E-state index contributed by atoms with van der Waals surface area (Å²) in [6, 6.07) is 5.31. The van der Waals surface area contributed by atoms with Gasteiger partial charge in [0.05, 0.1) is 0 Å². The highest BCUT2D eigenvalue weighted by Gasteiger charge is 2.30. The first-order chi connectivity index (χ1) is 11.0. The molecule has 2 aromatic heterocycles. The molecule has 0 unspecified atom stereocenters. The molecule has 1 aliphatic rings. The van der Waals surface area contributed by atoms with Crippen LogP contribution in [0.1, 0.15) is 28.1 Å². The van der Waals surface area contributed by atoms with Gasteiger partial charge in [0.2, 0.25) is 0 Å². The summed E-state index contributed by atoms with van der Waals surface area (Å²) in [6.45, 7) is 2.78. The Balaban J connectivity index is 1.59. The van der Waals surface area contributed by atoms with Crippen molar-refractivity contribution in [3.05, 3.63) is 39.4 Å². The van der Waals surface area contributed by atoms with Crippen molar-refractivity contribution in [2.45, 2.75) is 30.0 Å². The number of amides is 1. The fourth-order valence-electron chi connectivity index (χ4n) is 2.58. The van der Waals surface area contributed by atoms with Crippen molar-refractivity contribution in [2.24, 2.45) is 0 Å². The van der Waals surface area contributed by atoms with Gasteiger partial charge in [0.1, 0.15) is 4.21 Å². The number of nitrogens with zero attached hydrogens (tertiary/aromatic N) is 1. The van der Waals surface area contributed by atoms with Crippen molar-refractivity contribution in [2.75, 3.05) is 13.1 Å². The second-order valence-corrected chi connectivity index (χ2v) is 9.76. The molecule has 0 aliphatic carbocycles. The van der Waals surface area contributed by atoms with Gasteiger partial charge in [-0.25, -0.2) is 8.42 Å². The van der Waals surface area contributed by atoms with E-state index >= 15 is 0 Å². The van der Waals surface area contributed by atoms with Gasteiger partial charge in [0.15, 0.2) is 0 Å². The van der Waals surface area contributed by atoms with Crippen molar-refractivity contribution in [3.63, 3.8) is 0 Å². The van der Waals surface area contributed by atoms with Crippen molar-refractivity contribution in [1.82, 2.24) is 9.62 Å². The molecule has 2 aromatic rings. The molecule has 5 nitrogen and oxygen atoms in total. The molecule has 124 valence electrons. The maximum Gasteiger partial charge on any atom is 0.252 e. The summed E-state index contributed by atoms with van der Waals surface area (Å²) in [5.41, 5.74) is 0.666. The van der Waals surface area contributed by atoms with Crippen LogP contribution >= 0.6 is 22.7 Å². The van der Waals surface area contributed by atoms with Crippen LogP contribution in [0.5, 0.6) is 0 Å². The van der Waals surface area contributed by atoms with Gasteiger partial charge in [0.25, 0.3) is 15.9 Å². The summed E-state index contributed by atoms with van der Waals surface area (Å²) >= 11 is 2.79. The second-order valence-electron chi connectivity index (χ2n) is 5.53. The molecule has 1 amide bonds. The smallest absolute Gasteiger partial charge is 0.252 e. The molecular weight excluding hydrogens is 352 g/mol. The molecule has 23 heavy (non-hydrogen) atoms. The number of nitrogens with one attached hydrogen (secondary N) is 1. The molecule has 1 aliphatic heterocycles. The van der Waals surface area contributed by atoms with E-state index in [1.54, 1.807) is 12.1 Å². The number of carbonyl (C=O) groups excluding carboxylic acids is 1. The lowest BCUT2D eigenvalue weighted by molar-refractivity contribution is 0.0924. The van der Waals surface area contributed by atoms with Crippen LogP contribution in [0.25, 0.3) is 0 Å². The Morgan fingerprint density at radius 3 is 2.57 bits per heavy atom. The van der Waals surface area contributed by atoms with Gasteiger partial charge in [-0.3, -0.25) is 4.79 Å². The maximum atomic E-state index is 12.6. The Bertz CT molecular complexity index is 773. The molecule has 3 heterocycles. The first kappa shape index (κ1) is 16.6. The zero-order valence-electron chi connectivity index (χ0n) is 12.7. The number of carbonyl (C=O) groups is 1. The number of thiophene rings is 2. The third kappa shape index (κ3) is 3.65. The zero-order valence-corrected chi connectivity index (χ0v) is 15.1. The van der Waals surface area contributed by atoms with E-state index in [0.717, 1.165) is 4.88 Å². The van der Waals surface area contributed by atoms with Crippen LogP contribution in [-0.4, -0.2) is 37.8 Å². The second kappa shape index (κ2) is 6.72. The first-order valence-electron chi connectivity index (χ1n) is 7.36. The summed E-state index contributed by atoms with van der Waals surface area (Å²) < 4.78 is 27.1. The van der Waals surface area contributed by atoms with E-state index in [0.29, 0.717) is 35.7 Å². The molecule has 1 fully saturated rings. The molecule has 0 radical (unpaired) electrons. The van der Waals surface area contributed by atoms with Gasteiger partial charge in [0, 0.05) is 35.0 Å². The van der Waals surface area contributed by atoms with Crippen molar-refractivity contribution < 1.29 is 13.2 Å². The summed E-state index contributed by atoms with van der Waals surface area (Å²) in [5.74, 6) is -0.0820. The van der Waals surface area contributed by atoms with E-state index in [-0.39, 0.29) is 11.9 Å². The largest absolute Gasteiger partial charge is 0.349 e. The van der Waals surface area contributed by atoms with E-state index < -0.39 is 10.0 Å². The van der Waals surface area contributed by atoms with E-state index in [4.69, 9.17) is 0 Å². The van der Waals surface area contributed by atoms with E-state index in [1.807, 2.05) is 23.8 Å². The molecule has 0 atom stereocenters. The lowest BCUT2D eigenvalue weighted by atomic mass is 10.1. The van der Waals surface area contributed by atoms with Crippen LogP contribution < -0.4 is 5.32 Å². The Labute approximate surface area is 144 Å². The van der Waals surface area contributed by atoms with Gasteiger partial charge in [-0.2, -0.15) is 15.6 Å². The minimum atomic E-state index is -3.40. The predicted octanol–water partition coefficient (Wildman–Crippen LogP) is 2.70. The normalized spacial score (nSPS) is 17.3. The van der Waals surface area contributed by atoms with E-state index in [1.165, 1.54) is 27.0 Å². The summed E-state index contributed by atoms with van der Waals surface area (Å²) in [7, 11) is -3.40. The van der Waals surface area contributed by atoms with Gasteiger partial charge in [-0.15, -0.1) is 11.3 Å². The summed E-state index contributed by atoms with van der Waals surface area (Å²) in [6.07, 6.45) is 1.28. The van der Waals surface area contributed by atoms with Gasteiger partial charge in [-0.1, -0.05) is 0 Å². The van der Waals surface area contributed by atoms with Crippen LogP contribution in [0.2, 0.25) is 0 Å². The Kier molecular flexibility index (Phi) is 4.86. The molecule has 0 spiro atoms. The molecule has 8 heteroatoms. The van der Waals surface area contributed by atoms with E-state index in [9.17, 15) is 13.2 Å². The minimum absolute atomic E-state index is 0.0268. The third-order valence-corrected chi connectivity index (χ3v) is 7.93. The first-order valence-corrected chi connectivity index (χ1v) is 10.6. The number of sulfonamides is 1. The minimum Gasteiger partial charge on any atom is -0.349 e. The number of hydrogen-bond donors (Lipinski definition) is 1. The average molecular weight is 371 g/mol. The van der Waals surface area contributed by atoms with Crippen LogP contribution in [0, 0.1) is 6.92 Å². The van der Waals surface area contributed by atoms with Crippen LogP contribution in [-0.2, 0) is 10.0 Å². The quantitative estimate of drug-likeness (QED) is 0.900. The fourth-order valence-corrected chi connectivity index (χ4v) is 6.12.